The van der Waals surface area contributed by atoms with Gasteiger partial charge < -0.3 is 9.88 Å². The monoisotopic (exact) mass is 325 g/mol. The molecule has 18 heavy (non-hydrogen) atoms. The third-order valence-electron chi connectivity index (χ3n) is 3.38. The van der Waals surface area contributed by atoms with Crippen molar-refractivity contribution in [2.45, 2.75) is 31.8 Å². The summed E-state index contributed by atoms with van der Waals surface area (Å²) >= 11 is 5.28. The number of hydrogen-bond acceptors (Lipinski definition) is 3. The van der Waals surface area contributed by atoms with Crippen molar-refractivity contribution in [1.82, 2.24) is 14.9 Å². The number of rotatable bonds is 4. The summed E-state index contributed by atoms with van der Waals surface area (Å²) in [6.45, 7) is 3.10. The van der Waals surface area contributed by atoms with Crippen LogP contribution in [0.1, 0.15) is 29.5 Å². The molecule has 1 N–H and O–H groups in total. The van der Waals surface area contributed by atoms with Crippen LogP contribution < -0.4 is 5.32 Å². The largest absolute Gasteiger partial charge is 0.335 e. The molecule has 3 nitrogen and oxygen atoms in total. The van der Waals surface area contributed by atoms with Gasteiger partial charge in [-0.1, -0.05) is 0 Å². The normalized spacial score (nSPS) is 18.8. The Bertz CT molecular complexity index is 520. The van der Waals surface area contributed by atoms with Crippen molar-refractivity contribution in [2.24, 2.45) is 0 Å². The number of fused-ring (bicyclic) bond motifs is 1. The van der Waals surface area contributed by atoms with Crippen LogP contribution in [0.5, 0.6) is 0 Å². The lowest BCUT2D eigenvalue weighted by molar-refractivity contribution is 0.423. The topological polar surface area (TPSA) is 29.9 Å². The molecule has 0 saturated carbocycles. The van der Waals surface area contributed by atoms with Crippen LogP contribution in [0.15, 0.2) is 28.3 Å². The number of nitrogens with one attached hydrogen (secondary N) is 1. The summed E-state index contributed by atoms with van der Waals surface area (Å²) in [5.74, 6) is 1.82. The van der Waals surface area contributed by atoms with Crippen molar-refractivity contribution in [2.75, 3.05) is 6.54 Å². The molecule has 2 aromatic rings. The number of halogens is 1. The zero-order chi connectivity index (χ0) is 12.4. The molecule has 96 valence electrons. The maximum atomic E-state index is 4.49. The number of aryl methyl sites for hydroxylation is 1. The number of aromatic nitrogens is 2. The SMILES string of the molecule is Brc1csc(CNCC2CCCn3ccnc32)c1. The van der Waals surface area contributed by atoms with Gasteiger partial charge in [0.15, 0.2) is 0 Å². The Morgan fingerprint density at radius 2 is 2.50 bits per heavy atom. The van der Waals surface area contributed by atoms with Gasteiger partial charge in [0.05, 0.1) is 0 Å². The van der Waals surface area contributed by atoms with Gasteiger partial charge in [0.2, 0.25) is 0 Å². The molecule has 0 amide bonds. The van der Waals surface area contributed by atoms with E-state index in [1.165, 1.54) is 28.0 Å². The predicted octanol–water partition coefficient (Wildman–Crippen LogP) is 3.37. The van der Waals surface area contributed by atoms with Crippen molar-refractivity contribution in [3.8, 4) is 0 Å². The average Bonchev–Trinajstić information content (AvgIpc) is 2.98. The number of hydrogen-bond donors (Lipinski definition) is 1. The van der Waals surface area contributed by atoms with Crippen molar-refractivity contribution in [3.63, 3.8) is 0 Å². The second-order valence-electron chi connectivity index (χ2n) is 4.68. The van der Waals surface area contributed by atoms with Crippen LogP contribution in [-0.4, -0.2) is 16.1 Å². The smallest absolute Gasteiger partial charge is 0.113 e. The van der Waals surface area contributed by atoms with E-state index in [2.05, 4.69) is 48.4 Å². The van der Waals surface area contributed by atoms with E-state index in [9.17, 15) is 0 Å². The van der Waals surface area contributed by atoms with E-state index in [-0.39, 0.29) is 0 Å². The van der Waals surface area contributed by atoms with Gasteiger partial charge in [-0.3, -0.25) is 0 Å². The van der Waals surface area contributed by atoms with Crippen LogP contribution in [0.4, 0.5) is 0 Å². The zero-order valence-electron chi connectivity index (χ0n) is 10.1. The summed E-state index contributed by atoms with van der Waals surface area (Å²) < 4.78 is 3.47. The van der Waals surface area contributed by atoms with Crippen LogP contribution in [0.2, 0.25) is 0 Å². The fourth-order valence-corrected chi connectivity index (χ4v) is 3.94. The Balaban J connectivity index is 1.55. The van der Waals surface area contributed by atoms with E-state index < -0.39 is 0 Å². The molecule has 0 aliphatic carbocycles. The average molecular weight is 326 g/mol. The quantitative estimate of drug-likeness (QED) is 0.933. The molecule has 5 heteroatoms. The molecule has 0 saturated heterocycles. The van der Waals surface area contributed by atoms with Gasteiger partial charge in [-0.15, -0.1) is 11.3 Å². The summed E-state index contributed by atoms with van der Waals surface area (Å²) in [6, 6.07) is 2.18. The van der Waals surface area contributed by atoms with Crippen LogP contribution in [0.3, 0.4) is 0 Å². The van der Waals surface area contributed by atoms with Gasteiger partial charge in [0.1, 0.15) is 5.82 Å². The number of thiophene rings is 1. The first kappa shape index (κ1) is 12.4. The van der Waals surface area contributed by atoms with E-state index in [1.54, 1.807) is 11.3 Å². The molecule has 3 heterocycles. The van der Waals surface area contributed by atoms with Crippen LogP contribution in [0, 0.1) is 0 Å². The van der Waals surface area contributed by atoms with E-state index in [4.69, 9.17) is 0 Å². The molecular weight excluding hydrogens is 310 g/mol. The predicted molar refractivity (Wildman–Crippen MR) is 77.9 cm³/mol. The lowest BCUT2D eigenvalue weighted by atomic mass is 9.99. The Kier molecular flexibility index (Phi) is 3.82. The number of imidazole rings is 1. The van der Waals surface area contributed by atoms with E-state index in [0.717, 1.165) is 19.6 Å². The minimum absolute atomic E-state index is 0.567. The third-order valence-corrected chi connectivity index (χ3v) is 5.07. The van der Waals surface area contributed by atoms with Crippen molar-refractivity contribution in [3.05, 3.63) is 39.0 Å². The Labute approximate surface area is 119 Å². The van der Waals surface area contributed by atoms with E-state index in [1.807, 2.05) is 6.20 Å². The summed E-state index contributed by atoms with van der Waals surface area (Å²) in [5, 5.41) is 5.68. The summed E-state index contributed by atoms with van der Waals surface area (Å²) in [4.78, 5) is 5.86. The lowest BCUT2D eigenvalue weighted by Crippen LogP contribution is -2.26. The standard InChI is InChI=1S/C13H16BrN3S/c14-11-6-12(18-9-11)8-15-7-10-2-1-4-17-5-3-16-13(10)17/h3,5-6,9-10,15H,1-2,4,7-8H2. The lowest BCUT2D eigenvalue weighted by Gasteiger charge is -2.23. The zero-order valence-corrected chi connectivity index (χ0v) is 12.5. The molecule has 0 aromatic carbocycles. The minimum atomic E-state index is 0.567. The molecule has 0 radical (unpaired) electrons. The van der Waals surface area contributed by atoms with Gasteiger partial charge in [-0.05, 0) is 34.8 Å². The highest BCUT2D eigenvalue weighted by Gasteiger charge is 2.20. The van der Waals surface area contributed by atoms with Crippen molar-refractivity contribution >= 4 is 27.3 Å². The summed E-state index contributed by atoms with van der Waals surface area (Å²) in [7, 11) is 0. The molecule has 1 unspecified atom stereocenters. The fraction of sp³-hybridized carbons (Fsp3) is 0.462. The Hall–Kier alpha value is -0.650. The highest BCUT2D eigenvalue weighted by Crippen LogP contribution is 2.25. The highest BCUT2D eigenvalue weighted by atomic mass is 79.9. The van der Waals surface area contributed by atoms with Gasteiger partial charge in [-0.25, -0.2) is 4.98 Å². The molecular formula is C13H16BrN3S. The summed E-state index contributed by atoms with van der Waals surface area (Å²) in [6.07, 6.45) is 6.53. The van der Waals surface area contributed by atoms with Gasteiger partial charge in [-0.2, -0.15) is 0 Å². The molecule has 0 bridgehead atoms. The number of nitrogens with zero attached hydrogens (tertiary/aromatic N) is 2. The van der Waals surface area contributed by atoms with Crippen LogP contribution >= 0.6 is 27.3 Å². The first-order valence-corrected chi connectivity index (χ1v) is 7.95. The maximum absolute atomic E-state index is 4.49. The highest BCUT2D eigenvalue weighted by molar-refractivity contribution is 9.10. The summed E-state index contributed by atoms with van der Waals surface area (Å²) in [5.41, 5.74) is 0. The molecule has 2 aromatic heterocycles. The fourth-order valence-electron chi connectivity index (χ4n) is 2.52. The van der Waals surface area contributed by atoms with Crippen LogP contribution in [-0.2, 0) is 13.1 Å². The third kappa shape index (κ3) is 2.68. The van der Waals surface area contributed by atoms with E-state index in [0.29, 0.717) is 5.92 Å². The van der Waals surface area contributed by atoms with E-state index >= 15 is 0 Å². The first-order valence-electron chi connectivity index (χ1n) is 6.27. The van der Waals surface area contributed by atoms with Gasteiger partial charge in [0, 0.05) is 52.7 Å². The van der Waals surface area contributed by atoms with Gasteiger partial charge in [0.25, 0.3) is 0 Å². The van der Waals surface area contributed by atoms with Crippen molar-refractivity contribution in [1.29, 1.82) is 0 Å². The molecule has 1 aliphatic heterocycles. The first-order chi connectivity index (χ1) is 8.83. The Morgan fingerprint density at radius 1 is 1.56 bits per heavy atom. The van der Waals surface area contributed by atoms with Crippen LogP contribution in [0.25, 0.3) is 0 Å². The second kappa shape index (κ2) is 5.55. The molecule has 1 aliphatic rings. The maximum Gasteiger partial charge on any atom is 0.113 e. The molecule has 1 atom stereocenters. The van der Waals surface area contributed by atoms with Gasteiger partial charge >= 0.3 is 0 Å². The molecule has 3 rings (SSSR count). The second-order valence-corrected chi connectivity index (χ2v) is 6.59. The minimum Gasteiger partial charge on any atom is -0.335 e. The molecule has 0 fully saturated rings. The van der Waals surface area contributed by atoms with Crippen molar-refractivity contribution < 1.29 is 0 Å². The molecule has 0 spiro atoms. The Morgan fingerprint density at radius 3 is 3.33 bits per heavy atom.